The highest BCUT2D eigenvalue weighted by Gasteiger charge is 2.45. The van der Waals surface area contributed by atoms with Crippen molar-refractivity contribution in [1.29, 1.82) is 0 Å². The Morgan fingerprint density at radius 2 is 0.636 bits per heavy atom. The van der Waals surface area contributed by atoms with Crippen LogP contribution in [0.15, 0.2) is 249 Å². The van der Waals surface area contributed by atoms with Crippen molar-refractivity contribution in [3.05, 3.63) is 288 Å². The average molecular weight is 998 g/mol. The van der Waals surface area contributed by atoms with E-state index >= 15 is 0 Å². The van der Waals surface area contributed by atoms with Crippen molar-refractivity contribution >= 4 is 74.3 Å². The van der Waals surface area contributed by atoms with Crippen molar-refractivity contribution in [2.24, 2.45) is 0 Å². The molecule has 10 aromatic carbocycles. The van der Waals surface area contributed by atoms with Crippen LogP contribution in [0.1, 0.15) is 101 Å². The van der Waals surface area contributed by atoms with Gasteiger partial charge in [0.05, 0.1) is 11.1 Å². The summed E-state index contributed by atoms with van der Waals surface area (Å²) in [5.41, 5.74) is 22.1. The van der Waals surface area contributed by atoms with Gasteiger partial charge in [-0.25, -0.2) is 0 Å². The summed E-state index contributed by atoms with van der Waals surface area (Å²) in [7, 11) is 0. The van der Waals surface area contributed by atoms with Crippen molar-refractivity contribution in [3.63, 3.8) is 0 Å². The zero-order chi connectivity index (χ0) is 53.3. The zero-order valence-electron chi connectivity index (χ0n) is 46.1. The molecule has 2 heterocycles. The van der Waals surface area contributed by atoms with Gasteiger partial charge in [-0.1, -0.05) is 238 Å². The Kier molecular flexibility index (Phi) is 12.3. The van der Waals surface area contributed by atoms with Gasteiger partial charge in [-0.05, 0) is 144 Å². The molecule has 12 rings (SSSR count). The quantitative estimate of drug-likeness (QED) is 0.105. The molecule has 0 saturated heterocycles. The van der Waals surface area contributed by atoms with Crippen LogP contribution in [0.5, 0.6) is 0 Å². The monoisotopic (exact) mass is 998 g/mol. The minimum atomic E-state index is -0.588. The molecule has 0 bridgehead atoms. The van der Waals surface area contributed by atoms with E-state index in [2.05, 4.69) is 326 Å². The van der Waals surface area contributed by atoms with Crippen LogP contribution >= 0.6 is 0 Å². The second-order valence-corrected chi connectivity index (χ2v) is 24.3. The summed E-state index contributed by atoms with van der Waals surface area (Å²) in [6.45, 7) is 20.9. The van der Waals surface area contributed by atoms with Crippen LogP contribution < -0.4 is 31.1 Å². The van der Waals surface area contributed by atoms with Gasteiger partial charge in [-0.15, -0.1) is 0 Å². The fourth-order valence-electron chi connectivity index (χ4n) is 12.2. The maximum atomic E-state index is 2.59. The fraction of sp³-hybridized carbons (Fsp3) is 0.178. The molecular weight excluding hydrogens is 930 g/mol. The molecule has 4 heteroatoms. The lowest BCUT2D eigenvalue weighted by Gasteiger charge is -2.46. The molecule has 3 nitrogen and oxygen atoms in total. The van der Waals surface area contributed by atoms with Gasteiger partial charge in [0, 0.05) is 45.5 Å². The SMILES string of the molecule is CC(C)(C)c1cccc(N2c3cc(C(C)(C)C)ccc3B3c4ccc(C(C)(C)C)cc4N(c4ccc(C(c5ccccc5)(c5ccccc5)c5ccccc5)cc4)c4cc(N(c5ccccc5)c5ccccc5)cc2c43)c1. The van der Waals surface area contributed by atoms with Crippen LogP contribution in [0.3, 0.4) is 0 Å². The molecule has 0 saturated carbocycles. The van der Waals surface area contributed by atoms with E-state index in [1.807, 2.05) is 0 Å². The van der Waals surface area contributed by atoms with Gasteiger partial charge in [0.1, 0.15) is 0 Å². The third-order valence-electron chi connectivity index (χ3n) is 16.2. The van der Waals surface area contributed by atoms with Crippen molar-refractivity contribution in [1.82, 2.24) is 0 Å². The largest absolute Gasteiger partial charge is 0.311 e. The molecule has 0 N–H and O–H groups in total. The minimum absolute atomic E-state index is 0.0524. The van der Waals surface area contributed by atoms with E-state index in [4.69, 9.17) is 0 Å². The van der Waals surface area contributed by atoms with E-state index in [1.165, 1.54) is 72.4 Å². The Morgan fingerprint density at radius 1 is 0.286 bits per heavy atom. The molecule has 0 spiro atoms. The minimum Gasteiger partial charge on any atom is -0.311 e. The van der Waals surface area contributed by atoms with E-state index in [-0.39, 0.29) is 23.0 Å². The fourth-order valence-corrected chi connectivity index (χ4v) is 12.2. The van der Waals surface area contributed by atoms with E-state index < -0.39 is 5.41 Å². The highest BCUT2D eigenvalue weighted by Crippen LogP contribution is 2.51. The Bertz CT molecular complexity index is 3600. The maximum Gasteiger partial charge on any atom is 0.252 e. The third-order valence-corrected chi connectivity index (χ3v) is 16.2. The molecule has 0 radical (unpaired) electrons. The standard InChI is InChI=1S/C73H68BN3/c1-70(2,3)55-32-25-37-61(46-55)77-66-48-57(72(7,8)9)41-45-64(66)74-63-44-40-56(71(4,5)6)47-65(63)76(67-49-62(50-68(77)69(67)74)75(58-33-21-13-22-34-58)59-35-23-14-24-36-59)60-42-38-54(39-43-60)73(51-26-15-10-16-27-51,52-28-17-11-18-29-52)53-30-19-12-20-31-53/h10-50H,1-9H3. The van der Waals surface area contributed by atoms with E-state index in [0.717, 1.165) is 34.1 Å². The number of anilines is 9. The van der Waals surface area contributed by atoms with Crippen LogP contribution in [0, 0.1) is 0 Å². The first-order valence-electron chi connectivity index (χ1n) is 27.5. The summed E-state index contributed by atoms with van der Waals surface area (Å²) in [5, 5.41) is 0. The van der Waals surface area contributed by atoms with Gasteiger partial charge in [-0.2, -0.15) is 0 Å². The second kappa shape index (κ2) is 19.0. The summed E-state index contributed by atoms with van der Waals surface area (Å²) in [5.74, 6) is 0. The molecule has 0 aliphatic carbocycles. The Morgan fingerprint density at radius 3 is 1.05 bits per heavy atom. The van der Waals surface area contributed by atoms with E-state index in [9.17, 15) is 0 Å². The van der Waals surface area contributed by atoms with Crippen LogP contribution in [-0.2, 0) is 21.7 Å². The molecule has 378 valence electrons. The van der Waals surface area contributed by atoms with Crippen molar-refractivity contribution < 1.29 is 0 Å². The summed E-state index contributed by atoms with van der Waals surface area (Å²) >= 11 is 0. The van der Waals surface area contributed by atoms with Gasteiger partial charge in [0.25, 0.3) is 6.71 Å². The summed E-state index contributed by atoms with van der Waals surface area (Å²) < 4.78 is 0. The topological polar surface area (TPSA) is 9.72 Å². The van der Waals surface area contributed by atoms with Crippen LogP contribution in [0.25, 0.3) is 0 Å². The molecule has 0 unspecified atom stereocenters. The van der Waals surface area contributed by atoms with E-state index in [0.29, 0.717) is 0 Å². The van der Waals surface area contributed by atoms with E-state index in [1.54, 1.807) is 0 Å². The summed E-state index contributed by atoms with van der Waals surface area (Å²) in [6, 6.07) is 93.4. The second-order valence-electron chi connectivity index (χ2n) is 24.3. The average Bonchev–Trinajstić information content (AvgIpc) is 3.61. The predicted octanol–water partition coefficient (Wildman–Crippen LogP) is 17.5. The highest BCUT2D eigenvalue weighted by molar-refractivity contribution is 7.00. The highest BCUT2D eigenvalue weighted by atomic mass is 15.2. The first-order valence-corrected chi connectivity index (χ1v) is 27.5. The van der Waals surface area contributed by atoms with Gasteiger partial charge < -0.3 is 14.7 Å². The Hall–Kier alpha value is -8.34. The van der Waals surface area contributed by atoms with Crippen molar-refractivity contribution in [3.8, 4) is 0 Å². The molecule has 2 aliphatic heterocycles. The molecule has 2 aliphatic rings. The molecule has 0 amide bonds. The summed E-state index contributed by atoms with van der Waals surface area (Å²) in [6.07, 6.45) is 0. The first kappa shape index (κ1) is 49.5. The molecule has 10 aromatic rings. The van der Waals surface area contributed by atoms with Gasteiger partial charge in [0.2, 0.25) is 0 Å². The zero-order valence-corrected chi connectivity index (χ0v) is 46.1. The number of hydrogen-bond donors (Lipinski definition) is 0. The number of nitrogens with zero attached hydrogens (tertiary/aromatic N) is 3. The van der Waals surface area contributed by atoms with Crippen LogP contribution in [-0.4, -0.2) is 6.71 Å². The van der Waals surface area contributed by atoms with Crippen molar-refractivity contribution in [2.75, 3.05) is 14.7 Å². The molecule has 0 atom stereocenters. The molecule has 0 fully saturated rings. The van der Waals surface area contributed by atoms with Crippen molar-refractivity contribution in [2.45, 2.75) is 84.0 Å². The number of benzene rings is 10. The Labute approximate surface area is 458 Å². The van der Waals surface area contributed by atoms with Gasteiger partial charge in [-0.3, -0.25) is 0 Å². The number of para-hydroxylation sites is 2. The van der Waals surface area contributed by atoms with Crippen LogP contribution in [0.4, 0.5) is 51.2 Å². The smallest absolute Gasteiger partial charge is 0.252 e. The van der Waals surface area contributed by atoms with Gasteiger partial charge in [0.15, 0.2) is 0 Å². The molecular formula is C73H68BN3. The molecule has 0 aromatic heterocycles. The van der Waals surface area contributed by atoms with Gasteiger partial charge >= 0.3 is 0 Å². The number of hydrogen-bond acceptors (Lipinski definition) is 3. The predicted molar refractivity (Wildman–Crippen MR) is 330 cm³/mol. The lowest BCUT2D eigenvalue weighted by molar-refractivity contribution is 0.590. The number of fused-ring (bicyclic) bond motifs is 4. The maximum absolute atomic E-state index is 2.59. The lowest BCUT2D eigenvalue weighted by atomic mass is 9.33. The third kappa shape index (κ3) is 8.65. The first-order chi connectivity index (χ1) is 37.1. The number of rotatable bonds is 9. The lowest BCUT2D eigenvalue weighted by Crippen LogP contribution is -2.61. The Balaban J connectivity index is 1.19. The molecule has 77 heavy (non-hydrogen) atoms. The van der Waals surface area contributed by atoms with Crippen LogP contribution in [0.2, 0.25) is 0 Å². The summed E-state index contributed by atoms with van der Waals surface area (Å²) in [4.78, 5) is 7.62. The normalized spacial score (nSPS) is 13.2.